The predicted octanol–water partition coefficient (Wildman–Crippen LogP) is 1.36. The average Bonchev–Trinajstić information content (AvgIpc) is 1.99. The maximum Gasteiger partial charge on any atom is 0.305 e. The topological polar surface area (TPSA) is 66.4 Å². The van der Waals surface area contributed by atoms with Crippen LogP contribution in [0, 0.1) is 0 Å². The minimum absolute atomic E-state index is 0.158. The Bertz CT molecular complexity index is 231. The van der Waals surface area contributed by atoms with Crippen LogP contribution in [0.25, 0.3) is 0 Å². The van der Waals surface area contributed by atoms with Crippen LogP contribution in [0.1, 0.15) is 27.2 Å². The van der Waals surface area contributed by atoms with Gasteiger partial charge in [-0.1, -0.05) is 13.8 Å². The lowest BCUT2D eigenvalue weighted by atomic mass is 10.3. The van der Waals surface area contributed by atoms with Gasteiger partial charge in [-0.15, -0.1) is 11.8 Å². The monoisotopic (exact) mass is 251 g/mol. The van der Waals surface area contributed by atoms with Crippen LogP contribution in [0.15, 0.2) is 0 Å². The molecule has 0 aliphatic heterocycles. The lowest BCUT2D eigenvalue weighted by Gasteiger charge is -2.17. The molecule has 4 nitrogen and oxygen atoms in total. The molecule has 0 aromatic carbocycles. The van der Waals surface area contributed by atoms with Crippen LogP contribution in [-0.2, 0) is 9.59 Å². The predicted molar refractivity (Wildman–Crippen MR) is 65.4 cm³/mol. The Labute approximate surface area is 99.6 Å². The molecule has 0 saturated carbocycles. The minimum atomic E-state index is -0.963. The van der Waals surface area contributed by atoms with E-state index in [1.807, 2.05) is 13.8 Å². The summed E-state index contributed by atoms with van der Waals surface area (Å²) in [7, 11) is 0. The van der Waals surface area contributed by atoms with Crippen LogP contribution in [0.3, 0.4) is 0 Å². The Hall–Kier alpha value is -0.360. The molecule has 0 rings (SSSR count). The van der Waals surface area contributed by atoms with E-state index < -0.39 is 11.2 Å². The normalized spacial score (nSPS) is 14.7. The molecule has 0 saturated heterocycles. The molecule has 0 aliphatic rings. The van der Waals surface area contributed by atoms with Crippen molar-refractivity contribution in [1.82, 2.24) is 5.32 Å². The maximum absolute atomic E-state index is 11.6. The molecular formula is C9H17NO3S2. The van der Waals surface area contributed by atoms with E-state index >= 15 is 0 Å². The maximum atomic E-state index is 11.6. The van der Waals surface area contributed by atoms with Gasteiger partial charge in [0.2, 0.25) is 5.91 Å². The number of carbonyl (C=O) groups is 2. The number of hydrogen-bond donors (Lipinski definition) is 3. The van der Waals surface area contributed by atoms with Crippen LogP contribution in [0.2, 0.25) is 0 Å². The van der Waals surface area contributed by atoms with Crippen molar-refractivity contribution in [2.45, 2.75) is 43.1 Å². The van der Waals surface area contributed by atoms with Gasteiger partial charge in [0, 0.05) is 0 Å². The van der Waals surface area contributed by atoms with Crippen molar-refractivity contribution in [2.75, 3.05) is 0 Å². The van der Waals surface area contributed by atoms with E-state index in [9.17, 15) is 9.59 Å². The standard InChI is InChI=1S/C9H17NO3S2/c1-5(2)15-7(4-8(11)12)9(13)10-6(3)14/h5-7,14H,4H2,1-3H3,(H,10,13)(H,11,12). The first-order chi connectivity index (χ1) is 6.82. The zero-order valence-corrected chi connectivity index (χ0v) is 10.8. The first kappa shape index (κ1) is 14.6. The summed E-state index contributed by atoms with van der Waals surface area (Å²) < 4.78 is 0. The number of nitrogens with one attached hydrogen (secondary N) is 1. The zero-order valence-electron chi connectivity index (χ0n) is 9.06. The first-order valence-electron chi connectivity index (χ1n) is 4.68. The number of rotatable bonds is 6. The Morgan fingerprint density at radius 3 is 2.27 bits per heavy atom. The molecule has 0 radical (unpaired) electrons. The number of thioether (sulfide) groups is 1. The van der Waals surface area contributed by atoms with Crippen LogP contribution < -0.4 is 5.32 Å². The highest BCUT2D eigenvalue weighted by Gasteiger charge is 2.23. The van der Waals surface area contributed by atoms with Crippen molar-refractivity contribution in [3.8, 4) is 0 Å². The fraction of sp³-hybridized carbons (Fsp3) is 0.778. The number of thiol groups is 1. The van der Waals surface area contributed by atoms with Crippen LogP contribution in [-0.4, -0.2) is 32.9 Å². The molecule has 88 valence electrons. The van der Waals surface area contributed by atoms with Gasteiger partial charge in [0.1, 0.15) is 0 Å². The molecule has 0 spiro atoms. The summed E-state index contributed by atoms with van der Waals surface area (Å²) in [4.78, 5) is 22.1. The third kappa shape index (κ3) is 7.56. The molecule has 0 aromatic rings. The van der Waals surface area contributed by atoms with Gasteiger partial charge in [0.15, 0.2) is 0 Å². The van der Waals surface area contributed by atoms with Gasteiger partial charge in [0.25, 0.3) is 0 Å². The van der Waals surface area contributed by atoms with Crippen molar-refractivity contribution >= 4 is 36.3 Å². The number of amides is 1. The molecule has 0 aromatic heterocycles. The molecule has 0 fully saturated rings. The van der Waals surface area contributed by atoms with Crippen LogP contribution >= 0.6 is 24.4 Å². The van der Waals surface area contributed by atoms with E-state index in [0.717, 1.165) is 0 Å². The lowest BCUT2D eigenvalue weighted by molar-refractivity contribution is -0.138. The van der Waals surface area contributed by atoms with Crippen molar-refractivity contribution < 1.29 is 14.7 Å². The smallest absolute Gasteiger partial charge is 0.305 e. The van der Waals surface area contributed by atoms with E-state index in [-0.39, 0.29) is 23.0 Å². The first-order valence-corrected chi connectivity index (χ1v) is 6.14. The van der Waals surface area contributed by atoms with Crippen LogP contribution in [0.4, 0.5) is 0 Å². The van der Waals surface area contributed by atoms with E-state index in [0.29, 0.717) is 0 Å². The third-order valence-electron chi connectivity index (χ3n) is 1.44. The minimum Gasteiger partial charge on any atom is -0.481 e. The number of carboxylic acid groups (broad SMARTS) is 1. The fourth-order valence-corrected chi connectivity index (χ4v) is 2.20. The number of hydrogen-bond acceptors (Lipinski definition) is 4. The zero-order chi connectivity index (χ0) is 12.0. The summed E-state index contributed by atoms with van der Waals surface area (Å²) >= 11 is 5.38. The highest BCUT2D eigenvalue weighted by Crippen LogP contribution is 2.20. The highest BCUT2D eigenvalue weighted by atomic mass is 32.2. The Kier molecular flexibility index (Phi) is 6.84. The van der Waals surface area contributed by atoms with Gasteiger partial charge < -0.3 is 10.4 Å². The Morgan fingerprint density at radius 1 is 1.40 bits per heavy atom. The van der Waals surface area contributed by atoms with Gasteiger partial charge >= 0.3 is 5.97 Å². The van der Waals surface area contributed by atoms with Gasteiger partial charge in [0.05, 0.1) is 17.0 Å². The van der Waals surface area contributed by atoms with E-state index in [1.165, 1.54) is 11.8 Å². The molecule has 15 heavy (non-hydrogen) atoms. The van der Waals surface area contributed by atoms with E-state index in [4.69, 9.17) is 5.11 Å². The Balaban J connectivity index is 4.33. The molecule has 2 N–H and O–H groups in total. The van der Waals surface area contributed by atoms with Crippen molar-refractivity contribution in [1.29, 1.82) is 0 Å². The van der Waals surface area contributed by atoms with Crippen LogP contribution in [0.5, 0.6) is 0 Å². The number of carbonyl (C=O) groups excluding carboxylic acids is 1. The Morgan fingerprint density at radius 2 is 1.93 bits per heavy atom. The largest absolute Gasteiger partial charge is 0.481 e. The second-order valence-electron chi connectivity index (χ2n) is 3.46. The second-order valence-corrected chi connectivity index (χ2v) is 6.01. The average molecular weight is 251 g/mol. The number of aliphatic carboxylic acids is 1. The quantitative estimate of drug-likeness (QED) is 0.492. The summed E-state index contributed by atoms with van der Waals surface area (Å²) in [6, 6.07) is 0. The van der Waals surface area contributed by atoms with E-state index in [2.05, 4.69) is 17.9 Å². The van der Waals surface area contributed by atoms with Crippen molar-refractivity contribution in [3.05, 3.63) is 0 Å². The molecule has 2 atom stereocenters. The van der Waals surface area contributed by atoms with Gasteiger partial charge in [-0.3, -0.25) is 9.59 Å². The second kappa shape index (κ2) is 7.00. The molecule has 0 heterocycles. The molecule has 0 bridgehead atoms. The van der Waals surface area contributed by atoms with Gasteiger partial charge in [-0.2, -0.15) is 12.6 Å². The molecular weight excluding hydrogens is 234 g/mol. The van der Waals surface area contributed by atoms with E-state index in [1.54, 1.807) is 6.92 Å². The summed E-state index contributed by atoms with van der Waals surface area (Å²) in [6.07, 6.45) is -0.158. The van der Waals surface area contributed by atoms with Gasteiger partial charge in [-0.05, 0) is 12.2 Å². The van der Waals surface area contributed by atoms with Gasteiger partial charge in [-0.25, -0.2) is 0 Å². The summed E-state index contributed by atoms with van der Waals surface area (Å²) in [6.45, 7) is 5.58. The number of carboxylic acids is 1. The van der Waals surface area contributed by atoms with Crippen molar-refractivity contribution in [3.63, 3.8) is 0 Å². The molecule has 2 unspecified atom stereocenters. The highest BCUT2D eigenvalue weighted by molar-refractivity contribution is 8.01. The summed E-state index contributed by atoms with van der Waals surface area (Å²) in [5.74, 6) is -1.23. The third-order valence-corrected chi connectivity index (χ3v) is 2.82. The molecule has 0 aliphatic carbocycles. The lowest BCUT2D eigenvalue weighted by Crippen LogP contribution is -2.38. The SMILES string of the molecule is CC(S)NC(=O)C(CC(=O)O)SC(C)C. The summed E-state index contributed by atoms with van der Waals surface area (Å²) in [5.41, 5.74) is 0. The summed E-state index contributed by atoms with van der Waals surface area (Å²) in [5, 5.41) is 10.7. The molecule has 6 heteroatoms. The fourth-order valence-electron chi connectivity index (χ4n) is 0.989. The van der Waals surface area contributed by atoms with Crippen molar-refractivity contribution in [2.24, 2.45) is 0 Å². The molecule has 1 amide bonds.